The van der Waals surface area contributed by atoms with Gasteiger partial charge in [-0.1, -0.05) is 17.9 Å². The first-order valence-corrected chi connectivity index (χ1v) is 5.81. The van der Waals surface area contributed by atoms with E-state index < -0.39 is 11.7 Å². The van der Waals surface area contributed by atoms with E-state index in [1.54, 1.807) is 24.3 Å². The average Bonchev–Trinajstić information content (AvgIpc) is 2.46. The second-order valence-electron chi connectivity index (χ2n) is 3.85. The molecule has 0 aliphatic heterocycles. The molecule has 1 heterocycles. The molecule has 0 saturated heterocycles. The van der Waals surface area contributed by atoms with Crippen molar-refractivity contribution >= 4 is 11.6 Å². The van der Waals surface area contributed by atoms with E-state index in [1.807, 2.05) is 0 Å². The molecule has 20 heavy (non-hydrogen) atoms. The van der Waals surface area contributed by atoms with E-state index in [4.69, 9.17) is 5.11 Å². The molecule has 1 aromatic heterocycles. The number of rotatable bonds is 2. The van der Waals surface area contributed by atoms with E-state index in [2.05, 4.69) is 22.1 Å². The topological polar surface area (TPSA) is 62.2 Å². The third kappa shape index (κ3) is 3.40. The van der Waals surface area contributed by atoms with Crippen molar-refractivity contribution in [1.29, 1.82) is 0 Å². The van der Waals surface area contributed by atoms with Crippen LogP contribution in [0.4, 0.5) is 10.1 Å². The number of nitrogens with zero attached hydrogens (tertiary/aromatic N) is 1. The largest absolute Gasteiger partial charge is 0.384 e. The molecule has 0 unspecified atom stereocenters. The Bertz CT molecular complexity index is 690. The van der Waals surface area contributed by atoms with Gasteiger partial charge in [0.25, 0.3) is 5.91 Å². The molecule has 1 aromatic carbocycles. The van der Waals surface area contributed by atoms with E-state index in [1.165, 1.54) is 12.3 Å². The van der Waals surface area contributed by atoms with Crippen LogP contribution in [0, 0.1) is 17.7 Å². The lowest BCUT2D eigenvalue weighted by Gasteiger charge is -2.06. The maximum absolute atomic E-state index is 13.4. The summed E-state index contributed by atoms with van der Waals surface area (Å²) in [5, 5.41) is 11.2. The first-order chi connectivity index (χ1) is 9.70. The molecule has 0 atom stereocenters. The normalized spacial score (nSPS) is 9.50. The molecular formula is C15H11FN2O2. The molecule has 1 amide bonds. The fourth-order valence-corrected chi connectivity index (χ4v) is 1.57. The van der Waals surface area contributed by atoms with Crippen LogP contribution in [0.1, 0.15) is 15.9 Å². The zero-order valence-electron chi connectivity index (χ0n) is 10.4. The van der Waals surface area contributed by atoms with E-state index in [0.29, 0.717) is 11.3 Å². The average molecular weight is 270 g/mol. The highest BCUT2D eigenvalue weighted by Gasteiger charge is 2.11. The summed E-state index contributed by atoms with van der Waals surface area (Å²) in [6.45, 7) is -0.237. The van der Waals surface area contributed by atoms with Crippen molar-refractivity contribution < 1.29 is 14.3 Å². The quantitative estimate of drug-likeness (QED) is 0.818. The van der Waals surface area contributed by atoms with Crippen molar-refractivity contribution in [1.82, 2.24) is 4.98 Å². The number of nitrogens with one attached hydrogen (secondary N) is 1. The Morgan fingerprint density at radius 2 is 2.25 bits per heavy atom. The summed E-state index contributed by atoms with van der Waals surface area (Å²) in [6.07, 6.45) is 2.33. The number of aromatic nitrogens is 1. The number of carbonyl (C=O) groups excluding carboxylic acids is 1. The number of aliphatic hydroxyl groups excluding tert-OH is 1. The number of aliphatic hydroxyl groups is 1. The van der Waals surface area contributed by atoms with Crippen LogP contribution in [0.2, 0.25) is 0 Å². The Hall–Kier alpha value is -2.71. The molecule has 2 N–H and O–H groups in total. The second-order valence-corrected chi connectivity index (χ2v) is 3.85. The molecule has 4 nitrogen and oxygen atoms in total. The molecule has 0 radical (unpaired) electrons. The number of hydrogen-bond donors (Lipinski definition) is 2. The molecule has 0 bridgehead atoms. The molecular weight excluding hydrogens is 259 g/mol. The van der Waals surface area contributed by atoms with Gasteiger partial charge in [-0.2, -0.15) is 0 Å². The zero-order chi connectivity index (χ0) is 14.4. The summed E-state index contributed by atoms with van der Waals surface area (Å²) in [6, 6.07) is 8.06. The van der Waals surface area contributed by atoms with Gasteiger partial charge in [-0.25, -0.2) is 4.39 Å². The molecule has 0 aliphatic carbocycles. The zero-order valence-corrected chi connectivity index (χ0v) is 10.4. The number of carbonyl (C=O) groups is 1. The Morgan fingerprint density at radius 1 is 1.40 bits per heavy atom. The minimum absolute atomic E-state index is 0.0770. The predicted octanol–water partition coefficient (Wildman–Crippen LogP) is 1.82. The van der Waals surface area contributed by atoms with Crippen molar-refractivity contribution in [3.05, 3.63) is 59.7 Å². The van der Waals surface area contributed by atoms with Gasteiger partial charge < -0.3 is 10.4 Å². The van der Waals surface area contributed by atoms with E-state index in [9.17, 15) is 9.18 Å². The first-order valence-electron chi connectivity index (χ1n) is 5.81. The molecule has 0 fully saturated rings. The molecule has 2 aromatic rings. The molecule has 2 rings (SSSR count). The lowest BCUT2D eigenvalue weighted by molar-refractivity contribution is 0.102. The van der Waals surface area contributed by atoms with Gasteiger partial charge in [0.15, 0.2) is 5.82 Å². The molecule has 0 spiro atoms. The number of amides is 1. The smallest absolute Gasteiger partial charge is 0.258 e. The SMILES string of the molecule is O=C(Nc1cccc(C#CCO)c1)c1ccncc1F. The van der Waals surface area contributed by atoms with Crippen LogP contribution in [0.15, 0.2) is 42.7 Å². The molecule has 100 valence electrons. The highest BCUT2D eigenvalue weighted by Crippen LogP contribution is 2.13. The third-order valence-electron chi connectivity index (χ3n) is 2.45. The van der Waals surface area contributed by atoms with Crippen LogP contribution in [-0.4, -0.2) is 22.6 Å². The van der Waals surface area contributed by atoms with Crippen LogP contribution in [-0.2, 0) is 0 Å². The summed E-state index contributed by atoms with van der Waals surface area (Å²) in [5.41, 5.74) is 1.06. The standard InChI is InChI=1S/C15H11FN2O2/c16-14-10-17-7-6-13(14)15(20)18-12-5-1-3-11(9-12)4-2-8-19/h1,3,5-7,9-10,19H,8H2,(H,18,20). The summed E-state index contributed by atoms with van der Waals surface area (Å²) in [7, 11) is 0. The lowest BCUT2D eigenvalue weighted by atomic mass is 10.2. The monoisotopic (exact) mass is 270 g/mol. The van der Waals surface area contributed by atoms with Crippen LogP contribution < -0.4 is 5.32 Å². The first kappa shape index (κ1) is 13.7. The van der Waals surface area contributed by atoms with Crippen molar-refractivity contribution in [2.75, 3.05) is 11.9 Å². The van der Waals surface area contributed by atoms with Crippen molar-refractivity contribution in [3.8, 4) is 11.8 Å². The summed E-state index contributed by atoms with van der Waals surface area (Å²) >= 11 is 0. The van der Waals surface area contributed by atoms with Gasteiger partial charge in [0.1, 0.15) is 6.61 Å². The number of hydrogen-bond acceptors (Lipinski definition) is 3. The fourth-order valence-electron chi connectivity index (χ4n) is 1.57. The van der Waals surface area contributed by atoms with Crippen molar-refractivity contribution in [2.45, 2.75) is 0 Å². The molecule has 0 aliphatic rings. The molecule has 5 heteroatoms. The highest BCUT2D eigenvalue weighted by molar-refractivity contribution is 6.04. The van der Waals surface area contributed by atoms with Crippen LogP contribution >= 0.6 is 0 Å². The van der Waals surface area contributed by atoms with E-state index in [-0.39, 0.29) is 12.2 Å². The summed E-state index contributed by atoms with van der Waals surface area (Å²) < 4.78 is 13.4. The van der Waals surface area contributed by atoms with Gasteiger partial charge in [-0.05, 0) is 24.3 Å². The van der Waals surface area contributed by atoms with Gasteiger partial charge in [-0.15, -0.1) is 0 Å². The third-order valence-corrected chi connectivity index (χ3v) is 2.45. The number of pyridine rings is 1. The predicted molar refractivity (Wildman–Crippen MR) is 72.6 cm³/mol. The van der Waals surface area contributed by atoms with Gasteiger partial charge >= 0.3 is 0 Å². The van der Waals surface area contributed by atoms with Crippen molar-refractivity contribution in [2.24, 2.45) is 0 Å². The van der Waals surface area contributed by atoms with Gasteiger partial charge in [0.2, 0.25) is 0 Å². The summed E-state index contributed by atoms with van der Waals surface area (Å²) in [5.74, 6) is 4.00. The van der Waals surface area contributed by atoms with Crippen LogP contribution in [0.3, 0.4) is 0 Å². The van der Waals surface area contributed by atoms with E-state index in [0.717, 1.165) is 6.20 Å². The van der Waals surface area contributed by atoms with Gasteiger partial charge in [0.05, 0.1) is 11.8 Å². The van der Waals surface area contributed by atoms with Gasteiger partial charge in [0, 0.05) is 17.4 Å². The van der Waals surface area contributed by atoms with Crippen molar-refractivity contribution in [3.63, 3.8) is 0 Å². The minimum Gasteiger partial charge on any atom is -0.384 e. The van der Waals surface area contributed by atoms with Crippen LogP contribution in [0.25, 0.3) is 0 Å². The summed E-state index contributed by atoms with van der Waals surface area (Å²) in [4.78, 5) is 15.5. The number of benzene rings is 1. The second kappa shape index (κ2) is 6.45. The number of anilines is 1. The lowest BCUT2D eigenvalue weighted by Crippen LogP contribution is -2.13. The van der Waals surface area contributed by atoms with E-state index >= 15 is 0 Å². The minimum atomic E-state index is -0.679. The number of halogens is 1. The van der Waals surface area contributed by atoms with Gasteiger partial charge in [-0.3, -0.25) is 9.78 Å². The van der Waals surface area contributed by atoms with Crippen LogP contribution in [0.5, 0.6) is 0 Å². The highest BCUT2D eigenvalue weighted by atomic mass is 19.1. The Kier molecular flexibility index (Phi) is 4.43. The fraction of sp³-hybridized carbons (Fsp3) is 0.0667. The maximum Gasteiger partial charge on any atom is 0.258 e. The maximum atomic E-state index is 13.4. The molecule has 0 saturated carbocycles. The Labute approximate surface area is 115 Å². The Balaban J connectivity index is 2.18. The Morgan fingerprint density at radius 3 is 3.00 bits per heavy atom.